The molecule has 0 radical (unpaired) electrons. The van der Waals surface area contributed by atoms with Gasteiger partial charge in [0.15, 0.2) is 0 Å². The van der Waals surface area contributed by atoms with E-state index in [-0.39, 0.29) is 17.7 Å². The quantitative estimate of drug-likeness (QED) is 0.927. The number of nitrogens with zero attached hydrogens (tertiary/aromatic N) is 1. The Morgan fingerprint density at radius 3 is 2.33 bits per heavy atom. The van der Waals surface area contributed by atoms with Gasteiger partial charge < -0.3 is 5.32 Å². The summed E-state index contributed by atoms with van der Waals surface area (Å²) in [5.74, 6) is 0.00582. The highest BCUT2D eigenvalue weighted by Gasteiger charge is 2.28. The molecule has 1 unspecified atom stereocenters. The lowest BCUT2D eigenvalue weighted by Crippen LogP contribution is -2.27. The fourth-order valence-electron chi connectivity index (χ4n) is 2.81. The molecule has 1 N–H and O–H groups in total. The van der Waals surface area contributed by atoms with Crippen LogP contribution in [0.4, 0.5) is 5.69 Å². The zero-order valence-corrected chi connectivity index (χ0v) is 14.3. The number of anilines is 1. The summed E-state index contributed by atoms with van der Waals surface area (Å²) in [6.45, 7) is 2.43. The largest absolute Gasteiger partial charge is 0.346 e. The highest BCUT2D eigenvalue weighted by Crippen LogP contribution is 2.24. The Bertz CT molecular complexity index is 817. The maximum absolute atomic E-state index is 12.3. The van der Waals surface area contributed by atoms with Crippen LogP contribution < -0.4 is 9.62 Å². The van der Waals surface area contributed by atoms with E-state index in [4.69, 9.17) is 0 Å². The third kappa shape index (κ3) is 3.43. The second kappa shape index (κ2) is 6.65. The molecule has 1 saturated heterocycles. The maximum atomic E-state index is 12.3. The lowest BCUT2D eigenvalue weighted by Gasteiger charge is -2.18. The standard InChI is InChI=1S/C18H20N2O3S/c1-14(15-6-3-2-4-7-15)19-18(21)16-8-10-17(11-9-16)20-12-5-13-24(20,22)23/h2-4,6-11,14H,5,12-13H2,1H3,(H,19,21). The van der Waals surface area contributed by atoms with Crippen LogP contribution in [0.3, 0.4) is 0 Å². The number of hydrogen-bond acceptors (Lipinski definition) is 3. The molecule has 1 amide bonds. The van der Waals surface area contributed by atoms with E-state index in [2.05, 4.69) is 5.32 Å². The molecule has 2 aromatic carbocycles. The summed E-state index contributed by atoms with van der Waals surface area (Å²) in [7, 11) is -3.20. The fourth-order valence-corrected chi connectivity index (χ4v) is 4.38. The van der Waals surface area contributed by atoms with Crippen molar-refractivity contribution in [3.8, 4) is 0 Å². The first-order valence-corrected chi connectivity index (χ1v) is 9.54. The van der Waals surface area contributed by atoms with Crippen molar-refractivity contribution in [1.82, 2.24) is 5.32 Å². The summed E-state index contributed by atoms with van der Waals surface area (Å²) in [4.78, 5) is 12.3. The van der Waals surface area contributed by atoms with E-state index in [9.17, 15) is 13.2 Å². The van der Waals surface area contributed by atoms with Crippen LogP contribution in [-0.4, -0.2) is 26.6 Å². The summed E-state index contributed by atoms with van der Waals surface area (Å²) >= 11 is 0. The number of rotatable bonds is 4. The van der Waals surface area contributed by atoms with Gasteiger partial charge in [0.25, 0.3) is 5.91 Å². The van der Waals surface area contributed by atoms with E-state index in [1.807, 2.05) is 37.3 Å². The van der Waals surface area contributed by atoms with Gasteiger partial charge in [0, 0.05) is 12.1 Å². The zero-order valence-electron chi connectivity index (χ0n) is 13.5. The second-order valence-corrected chi connectivity index (χ2v) is 7.91. The van der Waals surface area contributed by atoms with Crippen LogP contribution in [0.2, 0.25) is 0 Å². The molecule has 2 aromatic rings. The van der Waals surface area contributed by atoms with Crippen LogP contribution in [-0.2, 0) is 10.0 Å². The Kier molecular flexibility index (Phi) is 4.57. The molecule has 6 heteroatoms. The molecule has 3 rings (SSSR count). The van der Waals surface area contributed by atoms with Crippen LogP contribution in [0.25, 0.3) is 0 Å². The minimum atomic E-state index is -3.20. The lowest BCUT2D eigenvalue weighted by molar-refractivity contribution is 0.0940. The first kappa shape index (κ1) is 16.5. The van der Waals surface area contributed by atoms with Crippen molar-refractivity contribution in [2.75, 3.05) is 16.6 Å². The van der Waals surface area contributed by atoms with Gasteiger partial charge in [-0.05, 0) is 43.2 Å². The van der Waals surface area contributed by atoms with Crippen molar-refractivity contribution < 1.29 is 13.2 Å². The van der Waals surface area contributed by atoms with E-state index in [1.165, 1.54) is 4.31 Å². The molecule has 1 atom stereocenters. The van der Waals surface area contributed by atoms with Gasteiger partial charge in [-0.15, -0.1) is 0 Å². The van der Waals surface area contributed by atoms with E-state index >= 15 is 0 Å². The first-order chi connectivity index (χ1) is 11.5. The Labute approximate surface area is 142 Å². The third-order valence-electron chi connectivity index (χ3n) is 4.16. The molecule has 0 aliphatic carbocycles. The van der Waals surface area contributed by atoms with Crippen molar-refractivity contribution in [3.63, 3.8) is 0 Å². The topological polar surface area (TPSA) is 66.5 Å². The third-order valence-corrected chi connectivity index (χ3v) is 6.03. The Morgan fingerprint density at radius 2 is 1.75 bits per heavy atom. The molecule has 24 heavy (non-hydrogen) atoms. The molecule has 1 fully saturated rings. The van der Waals surface area contributed by atoms with Crippen LogP contribution >= 0.6 is 0 Å². The predicted octanol–water partition coefficient (Wildman–Crippen LogP) is 2.72. The number of nitrogens with one attached hydrogen (secondary N) is 1. The minimum Gasteiger partial charge on any atom is -0.346 e. The van der Waals surface area contributed by atoms with E-state index in [0.717, 1.165) is 5.56 Å². The molecule has 0 spiro atoms. The molecular formula is C18H20N2O3S. The smallest absolute Gasteiger partial charge is 0.251 e. The Morgan fingerprint density at radius 1 is 1.08 bits per heavy atom. The average Bonchev–Trinajstić information content (AvgIpc) is 2.95. The van der Waals surface area contributed by atoms with E-state index in [1.54, 1.807) is 24.3 Å². The highest BCUT2D eigenvalue weighted by molar-refractivity contribution is 7.93. The Hall–Kier alpha value is -2.34. The zero-order chi connectivity index (χ0) is 17.2. The first-order valence-electron chi connectivity index (χ1n) is 7.94. The van der Waals surface area contributed by atoms with Crippen molar-refractivity contribution in [1.29, 1.82) is 0 Å². The number of carbonyl (C=O) groups is 1. The highest BCUT2D eigenvalue weighted by atomic mass is 32.2. The van der Waals surface area contributed by atoms with Crippen LogP contribution in [0.1, 0.15) is 35.3 Å². The van der Waals surface area contributed by atoms with Gasteiger partial charge in [0.2, 0.25) is 10.0 Å². The van der Waals surface area contributed by atoms with E-state index in [0.29, 0.717) is 24.2 Å². The number of hydrogen-bond donors (Lipinski definition) is 1. The molecule has 126 valence electrons. The van der Waals surface area contributed by atoms with Crippen LogP contribution in [0.15, 0.2) is 54.6 Å². The van der Waals surface area contributed by atoms with Gasteiger partial charge >= 0.3 is 0 Å². The van der Waals surface area contributed by atoms with Crippen LogP contribution in [0, 0.1) is 0 Å². The normalized spacial score (nSPS) is 17.5. The molecule has 1 aliphatic rings. The Balaban J connectivity index is 1.70. The molecule has 1 heterocycles. The lowest BCUT2D eigenvalue weighted by atomic mass is 10.1. The number of carbonyl (C=O) groups excluding carboxylic acids is 1. The second-order valence-electron chi connectivity index (χ2n) is 5.89. The monoisotopic (exact) mass is 344 g/mol. The number of sulfonamides is 1. The van der Waals surface area contributed by atoms with Crippen molar-refractivity contribution >= 4 is 21.6 Å². The summed E-state index contributed by atoms with van der Waals surface area (Å²) in [6, 6.07) is 16.3. The van der Waals surface area contributed by atoms with Crippen LogP contribution in [0.5, 0.6) is 0 Å². The average molecular weight is 344 g/mol. The van der Waals surface area contributed by atoms with E-state index < -0.39 is 10.0 Å². The van der Waals surface area contributed by atoms with Crippen molar-refractivity contribution in [2.45, 2.75) is 19.4 Å². The number of benzene rings is 2. The van der Waals surface area contributed by atoms with Gasteiger partial charge in [-0.1, -0.05) is 30.3 Å². The number of amides is 1. The van der Waals surface area contributed by atoms with Gasteiger partial charge in [-0.3, -0.25) is 9.10 Å². The molecule has 0 bridgehead atoms. The summed E-state index contributed by atoms with van der Waals surface area (Å²) in [6.07, 6.45) is 0.638. The minimum absolute atomic E-state index is 0.0997. The summed E-state index contributed by atoms with van der Waals surface area (Å²) in [5.41, 5.74) is 2.16. The molecule has 0 aromatic heterocycles. The molecular weight excluding hydrogens is 324 g/mol. The van der Waals surface area contributed by atoms with Crippen molar-refractivity contribution in [2.24, 2.45) is 0 Å². The van der Waals surface area contributed by atoms with Crippen molar-refractivity contribution in [3.05, 3.63) is 65.7 Å². The van der Waals surface area contributed by atoms with Gasteiger partial charge in [0.05, 0.1) is 17.5 Å². The van der Waals surface area contributed by atoms with Gasteiger partial charge in [0.1, 0.15) is 0 Å². The maximum Gasteiger partial charge on any atom is 0.251 e. The predicted molar refractivity (Wildman–Crippen MR) is 94.5 cm³/mol. The molecule has 1 aliphatic heterocycles. The fraction of sp³-hybridized carbons (Fsp3) is 0.278. The molecule has 5 nitrogen and oxygen atoms in total. The van der Waals surface area contributed by atoms with Gasteiger partial charge in [-0.25, -0.2) is 8.42 Å². The summed E-state index contributed by atoms with van der Waals surface area (Å²) in [5, 5.41) is 2.95. The SMILES string of the molecule is CC(NC(=O)c1ccc(N2CCCS2(=O)=O)cc1)c1ccccc1. The van der Waals surface area contributed by atoms with Gasteiger partial charge in [-0.2, -0.15) is 0 Å². The molecule has 0 saturated carbocycles. The summed E-state index contributed by atoms with van der Waals surface area (Å²) < 4.78 is 25.3.